The SMILES string of the molecule is COC(=O)C1=CO[C@@H](O[C@@H]2O[C@H](COCc3ccccc3)[C@@H](O[C@@H]3O[C@H](CO)[C@@H](O)[C@H](O)[C@H]3O)[C@H](O)[C@H]2O)[C@H]2[C@@H]1C=C[C@@]21C=C([C@H](C)O)C(=O)O1. The number of carbonyl (C=O) groups excluding carboxylic acids is 2. The summed E-state index contributed by atoms with van der Waals surface area (Å²) in [7, 11) is 1.19. The molecule has 0 amide bonds. The number of carbonyl (C=O) groups is 2. The predicted molar refractivity (Wildman–Crippen MR) is 166 cm³/mol. The maximum Gasteiger partial charge on any atom is 0.337 e. The first-order valence-corrected chi connectivity index (χ1v) is 16.4. The topological polar surface area (TPSA) is 250 Å². The van der Waals surface area contributed by atoms with Gasteiger partial charge in [0.15, 0.2) is 18.2 Å². The van der Waals surface area contributed by atoms with Gasteiger partial charge in [0.1, 0.15) is 48.8 Å². The molecule has 2 fully saturated rings. The molecule has 15 atom stereocenters. The molecule has 0 saturated carbocycles. The van der Waals surface area contributed by atoms with Gasteiger partial charge in [0.25, 0.3) is 0 Å². The van der Waals surface area contributed by atoms with Crippen LogP contribution >= 0.6 is 0 Å². The maximum atomic E-state index is 12.8. The molecule has 0 bridgehead atoms. The molecule has 17 nitrogen and oxygen atoms in total. The monoisotopic (exact) mass is 722 g/mol. The number of ether oxygens (including phenoxy) is 8. The van der Waals surface area contributed by atoms with Crippen molar-refractivity contribution in [3.8, 4) is 0 Å². The molecule has 0 aromatic heterocycles. The predicted octanol–water partition coefficient (Wildman–Crippen LogP) is -2.33. The number of fused-ring (bicyclic) bond motifs is 2. The number of esters is 2. The molecular formula is C34H42O17. The number of aliphatic hydroxyl groups is 7. The fraction of sp³-hybridized carbons (Fsp3) is 0.588. The number of rotatable bonds is 11. The Hall–Kier alpha value is -3.30. The van der Waals surface area contributed by atoms with E-state index in [1.54, 1.807) is 6.08 Å². The standard InChI is InChI=1S/C34H42O17/c1-15(36)18-10-34(51-30(18)43)9-8-17-19(29(42)44-2)13-46-31(22(17)34)50-33-27(41)25(39)28(21(48-33)14-45-12-16-6-4-3-5-7-16)49-32-26(40)24(38)23(37)20(11-35)47-32/h3-10,13,15,17,20-28,31-33,35-41H,11-12,14H2,1-2H3/t15-,17+,20+,21+,22+,23+,24-,25+,26+,27+,28+,31-,32-,33-,34+/m0/s1. The van der Waals surface area contributed by atoms with Crippen LogP contribution in [0.4, 0.5) is 0 Å². The Balaban J connectivity index is 1.26. The zero-order valence-corrected chi connectivity index (χ0v) is 27.6. The average molecular weight is 723 g/mol. The number of hydrogen-bond donors (Lipinski definition) is 7. The second-order valence-corrected chi connectivity index (χ2v) is 13.0. The normalized spacial score (nSPS) is 41.0. The van der Waals surface area contributed by atoms with E-state index in [2.05, 4.69) is 0 Å². The number of aliphatic hydroxyl groups excluding tert-OH is 7. The largest absolute Gasteiger partial charge is 0.471 e. The van der Waals surface area contributed by atoms with Crippen LogP contribution in [-0.2, 0) is 54.1 Å². The van der Waals surface area contributed by atoms with Crippen molar-refractivity contribution in [3.05, 3.63) is 71.5 Å². The molecule has 6 rings (SSSR count). The minimum absolute atomic E-state index is 0.0265. The molecule has 17 heteroatoms. The Labute approximate surface area is 291 Å². The van der Waals surface area contributed by atoms with E-state index in [9.17, 15) is 45.3 Å². The van der Waals surface area contributed by atoms with Gasteiger partial charge < -0.3 is 73.6 Å². The van der Waals surface area contributed by atoms with Gasteiger partial charge >= 0.3 is 11.9 Å². The van der Waals surface area contributed by atoms with Crippen molar-refractivity contribution in [2.75, 3.05) is 20.3 Å². The number of hydrogen-bond acceptors (Lipinski definition) is 17. The number of methoxy groups -OCH3 is 1. The lowest BCUT2D eigenvalue weighted by molar-refractivity contribution is -0.376. The zero-order valence-electron chi connectivity index (χ0n) is 27.6. The van der Waals surface area contributed by atoms with Crippen LogP contribution in [0.5, 0.6) is 0 Å². The highest BCUT2D eigenvalue weighted by atomic mass is 16.8. The average Bonchev–Trinajstić information content (AvgIpc) is 3.67. The van der Waals surface area contributed by atoms with Gasteiger partial charge in [-0.2, -0.15) is 0 Å². The molecule has 4 heterocycles. The van der Waals surface area contributed by atoms with Gasteiger partial charge in [0.05, 0.1) is 56.4 Å². The van der Waals surface area contributed by atoms with Gasteiger partial charge in [-0.3, -0.25) is 0 Å². The van der Waals surface area contributed by atoms with E-state index in [0.29, 0.717) is 0 Å². The highest BCUT2D eigenvalue weighted by Gasteiger charge is 2.60. The first-order chi connectivity index (χ1) is 24.4. The Kier molecular flexibility index (Phi) is 11.3. The Bertz CT molecular complexity index is 1490. The fourth-order valence-corrected chi connectivity index (χ4v) is 6.91. The molecule has 4 aliphatic heterocycles. The van der Waals surface area contributed by atoms with Gasteiger partial charge in [-0.25, -0.2) is 9.59 Å². The van der Waals surface area contributed by atoms with Crippen LogP contribution in [0, 0.1) is 11.8 Å². The molecule has 7 N–H and O–H groups in total. The first kappa shape index (κ1) is 37.5. The summed E-state index contributed by atoms with van der Waals surface area (Å²) >= 11 is 0. The molecule has 0 unspecified atom stereocenters. The summed E-state index contributed by atoms with van der Waals surface area (Å²) < 4.78 is 46.0. The van der Waals surface area contributed by atoms with Crippen molar-refractivity contribution >= 4 is 11.9 Å². The van der Waals surface area contributed by atoms with Crippen molar-refractivity contribution in [1.82, 2.24) is 0 Å². The number of benzene rings is 1. The van der Waals surface area contributed by atoms with Crippen LogP contribution < -0.4 is 0 Å². The minimum Gasteiger partial charge on any atom is -0.471 e. The van der Waals surface area contributed by atoms with Crippen LogP contribution in [0.1, 0.15) is 12.5 Å². The minimum atomic E-state index is -1.86. The van der Waals surface area contributed by atoms with E-state index in [1.165, 1.54) is 26.2 Å². The molecule has 0 radical (unpaired) electrons. The van der Waals surface area contributed by atoms with E-state index in [-0.39, 0.29) is 24.4 Å². The van der Waals surface area contributed by atoms with Gasteiger partial charge in [0, 0.05) is 5.92 Å². The molecule has 2 saturated heterocycles. The Morgan fingerprint density at radius 2 is 1.61 bits per heavy atom. The summed E-state index contributed by atoms with van der Waals surface area (Å²) in [5.41, 5.74) is -0.688. The summed E-state index contributed by atoms with van der Waals surface area (Å²) in [6, 6.07) is 9.10. The summed E-state index contributed by atoms with van der Waals surface area (Å²) in [4.78, 5) is 25.5. The molecule has 1 aliphatic carbocycles. The Morgan fingerprint density at radius 1 is 0.922 bits per heavy atom. The second-order valence-electron chi connectivity index (χ2n) is 13.0. The van der Waals surface area contributed by atoms with E-state index in [1.807, 2.05) is 30.3 Å². The maximum absolute atomic E-state index is 12.8. The van der Waals surface area contributed by atoms with Crippen LogP contribution in [-0.4, -0.2) is 147 Å². The summed E-state index contributed by atoms with van der Waals surface area (Å²) in [5.74, 6) is -3.30. The molecule has 5 aliphatic rings. The van der Waals surface area contributed by atoms with Crippen molar-refractivity contribution in [2.45, 2.75) is 92.9 Å². The van der Waals surface area contributed by atoms with Crippen LogP contribution in [0.15, 0.2) is 66.0 Å². The van der Waals surface area contributed by atoms with Crippen molar-refractivity contribution in [2.24, 2.45) is 11.8 Å². The lowest BCUT2D eigenvalue weighted by Crippen LogP contribution is -2.65. The van der Waals surface area contributed by atoms with Crippen molar-refractivity contribution < 1.29 is 83.2 Å². The van der Waals surface area contributed by atoms with E-state index >= 15 is 0 Å². The van der Waals surface area contributed by atoms with E-state index in [0.717, 1.165) is 11.8 Å². The van der Waals surface area contributed by atoms with E-state index in [4.69, 9.17) is 37.9 Å². The van der Waals surface area contributed by atoms with Gasteiger partial charge in [-0.05, 0) is 24.6 Å². The third-order valence-corrected chi connectivity index (χ3v) is 9.65. The summed E-state index contributed by atoms with van der Waals surface area (Å²) in [6.07, 6.45) is -13.2. The number of allylic oxidation sites excluding steroid dienone is 1. The summed E-state index contributed by atoms with van der Waals surface area (Å²) in [6.45, 7) is 0.496. The quantitative estimate of drug-likeness (QED) is 0.0935. The lowest BCUT2D eigenvalue weighted by Gasteiger charge is -2.47. The van der Waals surface area contributed by atoms with Gasteiger partial charge in [0.2, 0.25) is 6.29 Å². The zero-order chi connectivity index (χ0) is 36.6. The Morgan fingerprint density at radius 3 is 2.27 bits per heavy atom. The summed E-state index contributed by atoms with van der Waals surface area (Å²) in [5, 5.41) is 73.7. The molecule has 1 spiro atoms. The molecule has 1 aromatic rings. The first-order valence-electron chi connectivity index (χ1n) is 16.4. The van der Waals surface area contributed by atoms with Crippen molar-refractivity contribution in [3.63, 3.8) is 0 Å². The third-order valence-electron chi connectivity index (χ3n) is 9.65. The molecule has 51 heavy (non-hydrogen) atoms. The third kappa shape index (κ3) is 7.22. The molecule has 1 aromatic carbocycles. The van der Waals surface area contributed by atoms with Crippen LogP contribution in [0.2, 0.25) is 0 Å². The highest BCUT2D eigenvalue weighted by molar-refractivity contribution is 5.94. The van der Waals surface area contributed by atoms with Crippen LogP contribution in [0.3, 0.4) is 0 Å². The van der Waals surface area contributed by atoms with E-state index < -0.39 is 110 Å². The molecular weight excluding hydrogens is 680 g/mol. The van der Waals surface area contributed by atoms with Gasteiger partial charge in [-0.1, -0.05) is 36.4 Å². The van der Waals surface area contributed by atoms with Crippen LogP contribution in [0.25, 0.3) is 0 Å². The fourth-order valence-electron chi connectivity index (χ4n) is 6.91. The molecule has 280 valence electrons. The lowest BCUT2D eigenvalue weighted by atomic mass is 9.78. The highest BCUT2D eigenvalue weighted by Crippen LogP contribution is 2.51. The second kappa shape index (κ2) is 15.4. The smallest absolute Gasteiger partial charge is 0.337 e. The van der Waals surface area contributed by atoms with Crippen molar-refractivity contribution in [1.29, 1.82) is 0 Å². The van der Waals surface area contributed by atoms with Gasteiger partial charge in [-0.15, -0.1) is 0 Å².